The number of allylic oxidation sites excluding steroid dienone is 1. The molecule has 0 aliphatic carbocycles. The molecule has 110 valence electrons. The standard InChI is InChI=1S/C17H25NO2/c1-4-6-12-15(13(3)5-2)17(20)18-16(19)14-10-8-7-9-11-14/h5,7-11,13,15-16,19H,2,4,6,12H2,1,3H3,(H,18,20)/t13-,15-,16+/m0/s1. The quantitative estimate of drug-likeness (QED) is 0.564. The van der Waals surface area contributed by atoms with E-state index in [-0.39, 0.29) is 17.7 Å². The van der Waals surface area contributed by atoms with Crippen molar-refractivity contribution in [2.75, 3.05) is 0 Å². The van der Waals surface area contributed by atoms with Gasteiger partial charge >= 0.3 is 0 Å². The molecule has 3 heteroatoms. The van der Waals surface area contributed by atoms with Gasteiger partial charge in [0, 0.05) is 11.5 Å². The van der Waals surface area contributed by atoms with Gasteiger partial charge in [-0.2, -0.15) is 0 Å². The highest BCUT2D eigenvalue weighted by Crippen LogP contribution is 2.21. The van der Waals surface area contributed by atoms with Gasteiger partial charge in [0.25, 0.3) is 0 Å². The van der Waals surface area contributed by atoms with Crippen LogP contribution in [0.15, 0.2) is 43.0 Å². The van der Waals surface area contributed by atoms with Crippen LogP contribution < -0.4 is 5.32 Å². The predicted molar refractivity (Wildman–Crippen MR) is 81.9 cm³/mol. The zero-order valence-electron chi connectivity index (χ0n) is 12.4. The third-order valence-corrected chi connectivity index (χ3v) is 3.61. The van der Waals surface area contributed by atoms with E-state index in [4.69, 9.17) is 0 Å². The Kier molecular flexibility index (Phi) is 7.02. The molecule has 0 radical (unpaired) electrons. The summed E-state index contributed by atoms with van der Waals surface area (Å²) >= 11 is 0. The van der Waals surface area contributed by atoms with E-state index in [0.717, 1.165) is 19.3 Å². The lowest BCUT2D eigenvalue weighted by molar-refractivity contribution is -0.129. The molecule has 1 aromatic carbocycles. The molecule has 0 fully saturated rings. The molecule has 1 aromatic rings. The number of benzene rings is 1. The molecule has 1 rings (SSSR count). The third-order valence-electron chi connectivity index (χ3n) is 3.61. The van der Waals surface area contributed by atoms with Crippen molar-refractivity contribution >= 4 is 5.91 Å². The molecule has 0 heterocycles. The summed E-state index contributed by atoms with van der Waals surface area (Å²) in [5.41, 5.74) is 0.696. The van der Waals surface area contributed by atoms with Crippen LogP contribution in [0, 0.1) is 11.8 Å². The van der Waals surface area contributed by atoms with Gasteiger partial charge in [-0.05, 0) is 12.3 Å². The summed E-state index contributed by atoms with van der Waals surface area (Å²) < 4.78 is 0. The minimum atomic E-state index is -0.954. The van der Waals surface area contributed by atoms with Gasteiger partial charge in [-0.25, -0.2) is 0 Å². The second-order valence-electron chi connectivity index (χ2n) is 5.17. The number of hydrogen-bond donors (Lipinski definition) is 2. The first kappa shape index (κ1) is 16.4. The number of amides is 1. The maximum absolute atomic E-state index is 12.3. The van der Waals surface area contributed by atoms with E-state index in [1.807, 2.05) is 25.1 Å². The molecule has 20 heavy (non-hydrogen) atoms. The normalized spacial score (nSPS) is 15.2. The monoisotopic (exact) mass is 275 g/mol. The second kappa shape index (κ2) is 8.54. The highest BCUT2D eigenvalue weighted by atomic mass is 16.3. The Bertz CT molecular complexity index is 416. The number of aliphatic hydroxyl groups excluding tert-OH is 1. The van der Waals surface area contributed by atoms with Crippen LogP contribution in [0.1, 0.15) is 44.9 Å². The molecule has 3 atom stereocenters. The maximum Gasteiger partial charge on any atom is 0.225 e. The number of aliphatic hydroxyl groups is 1. The largest absolute Gasteiger partial charge is 0.369 e. The Balaban J connectivity index is 2.67. The average Bonchev–Trinajstić information content (AvgIpc) is 2.48. The van der Waals surface area contributed by atoms with Gasteiger partial charge in [-0.1, -0.05) is 63.1 Å². The summed E-state index contributed by atoms with van der Waals surface area (Å²) in [5.74, 6) is -0.141. The third kappa shape index (κ3) is 4.82. The molecular weight excluding hydrogens is 250 g/mol. The van der Waals surface area contributed by atoms with Crippen LogP contribution in [0.4, 0.5) is 0 Å². The maximum atomic E-state index is 12.3. The van der Waals surface area contributed by atoms with Crippen LogP contribution in [0.25, 0.3) is 0 Å². The fourth-order valence-electron chi connectivity index (χ4n) is 2.18. The lowest BCUT2D eigenvalue weighted by atomic mass is 9.88. The van der Waals surface area contributed by atoms with Gasteiger partial charge in [0.2, 0.25) is 5.91 Å². The van der Waals surface area contributed by atoms with E-state index < -0.39 is 6.23 Å². The molecular formula is C17H25NO2. The summed E-state index contributed by atoms with van der Waals surface area (Å²) in [6.45, 7) is 7.86. The lowest BCUT2D eigenvalue weighted by Gasteiger charge is -2.23. The van der Waals surface area contributed by atoms with Gasteiger partial charge in [-0.3, -0.25) is 4.79 Å². The van der Waals surface area contributed by atoms with Crippen LogP contribution in [0.3, 0.4) is 0 Å². The minimum Gasteiger partial charge on any atom is -0.369 e. The highest BCUT2D eigenvalue weighted by molar-refractivity contribution is 5.79. The van der Waals surface area contributed by atoms with E-state index in [2.05, 4.69) is 18.8 Å². The minimum absolute atomic E-state index is 0.101. The number of hydrogen-bond acceptors (Lipinski definition) is 2. The van der Waals surface area contributed by atoms with Gasteiger partial charge in [0.05, 0.1) is 0 Å². The molecule has 0 unspecified atom stereocenters. The number of unbranched alkanes of at least 4 members (excludes halogenated alkanes) is 1. The van der Waals surface area contributed by atoms with Crippen molar-refractivity contribution in [3.63, 3.8) is 0 Å². The topological polar surface area (TPSA) is 49.3 Å². The van der Waals surface area contributed by atoms with Gasteiger partial charge in [0.1, 0.15) is 0 Å². The number of rotatable bonds is 8. The fourth-order valence-corrected chi connectivity index (χ4v) is 2.18. The van der Waals surface area contributed by atoms with Crippen molar-refractivity contribution in [2.45, 2.75) is 39.3 Å². The molecule has 0 saturated carbocycles. The van der Waals surface area contributed by atoms with E-state index in [0.29, 0.717) is 5.56 Å². The average molecular weight is 275 g/mol. The first-order valence-corrected chi connectivity index (χ1v) is 7.26. The highest BCUT2D eigenvalue weighted by Gasteiger charge is 2.24. The Morgan fingerprint density at radius 2 is 2.05 bits per heavy atom. The first-order chi connectivity index (χ1) is 9.60. The molecule has 0 saturated heterocycles. The molecule has 0 aromatic heterocycles. The molecule has 3 nitrogen and oxygen atoms in total. The number of carbonyl (C=O) groups is 1. The van der Waals surface area contributed by atoms with E-state index in [9.17, 15) is 9.90 Å². The zero-order chi connectivity index (χ0) is 15.0. The van der Waals surface area contributed by atoms with Crippen LogP contribution in [0.2, 0.25) is 0 Å². The lowest BCUT2D eigenvalue weighted by Crippen LogP contribution is -2.36. The Morgan fingerprint density at radius 3 is 2.60 bits per heavy atom. The smallest absolute Gasteiger partial charge is 0.225 e. The SMILES string of the molecule is C=C[C@H](C)[C@H](CCCC)C(=O)N[C@H](O)c1ccccc1. The zero-order valence-corrected chi connectivity index (χ0v) is 12.4. The summed E-state index contributed by atoms with van der Waals surface area (Å²) in [7, 11) is 0. The van der Waals surface area contributed by atoms with Crippen molar-refractivity contribution in [1.82, 2.24) is 5.32 Å². The van der Waals surface area contributed by atoms with Crippen molar-refractivity contribution in [2.24, 2.45) is 11.8 Å². The van der Waals surface area contributed by atoms with E-state index in [1.54, 1.807) is 18.2 Å². The van der Waals surface area contributed by atoms with Gasteiger partial charge in [0.15, 0.2) is 6.23 Å². The van der Waals surface area contributed by atoms with E-state index >= 15 is 0 Å². The van der Waals surface area contributed by atoms with Crippen LogP contribution in [-0.4, -0.2) is 11.0 Å². The van der Waals surface area contributed by atoms with Crippen molar-refractivity contribution in [3.8, 4) is 0 Å². The fraction of sp³-hybridized carbons (Fsp3) is 0.471. The van der Waals surface area contributed by atoms with Gasteiger partial charge < -0.3 is 10.4 Å². The molecule has 0 aliphatic heterocycles. The van der Waals surface area contributed by atoms with E-state index in [1.165, 1.54) is 0 Å². The van der Waals surface area contributed by atoms with Crippen molar-refractivity contribution in [1.29, 1.82) is 0 Å². The second-order valence-corrected chi connectivity index (χ2v) is 5.17. The van der Waals surface area contributed by atoms with Crippen LogP contribution in [0.5, 0.6) is 0 Å². The summed E-state index contributed by atoms with van der Waals surface area (Å²) in [5, 5.41) is 12.8. The predicted octanol–water partition coefficient (Wildman–Crippen LogP) is 3.42. The molecule has 0 aliphatic rings. The molecule has 1 amide bonds. The first-order valence-electron chi connectivity index (χ1n) is 7.26. The van der Waals surface area contributed by atoms with Gasteiger partial charge in [-0.15, -0.1) is 6.58 Å². The Morgan fingerprint density at radius 1 is 1.40 bits per heavy atom. The summed E-state index contributed by atoms with van der Waals surface area (Å²) in [6.07, 6.45) is 3.71. The Hall–Kier alpha value is -1.61. The Labute approximate surface area is 121 Å². The van der Waals surface area contributed by atoms with Crippen molar-refractivity contribution < 1.29 is 9.90 Å². The number of carbonyl (C=O) groups excluding carboxylic acids is 1. The molecule has 0 bridgehead atoms. The molecule has 0 spiro atoms. The molecule has 2 N–H and O–H groups in total. The summed E-state index contributed by atoms with van der Waals surface area (Å²) in [4.78, 5) is 12.3. The van der Waals surface area contributed by atoms with Crippen LogP contribution in [-0.2, 0) is 4.79 Å². The summed E-state index contributed by atoms with van der Waals surface area (Å²) in [6, 6.07) is 9.14. The van der Waals surface area contributed by atoms with Crippen LogP contribution >= 0.6 is 0 Å². The number of nitrogens with one attached hydrogen (secondary N) is 1. The van der Waals surface area contributed by atoms with Crippen molar-refractivity contribution in [3.05, 3.63) is 48.6 Å².